The van der Waals surface area contributed by atoms with E-state index in [0.29, 0.717) is 23.7 Å². The number of para-hydroxylation sites is 2. The number of aryl methyl sites for hydroxylation is 1. The second kappa shape index (κ2) is 8.04. The normalized spacial score (nSPS) is 29.1. The van der Waals surface area contributed by atoms with E-state index in [-0.39, 0.29) is 5.41 Å². The van der Waals surface area contributed by atoms with Crippen molar-refractivity contribution in [2.24, 2.45) is 17.3 Å². The van der Waals surface area contributed by atoms with Crippen molar-refractivity contribution in [1.29, 1.82) is 0 Å². The Morgan fingerprint density at radius 2 is 1.26 bits per heavy atom. The molecule has 0 N–H and O–H groups in total. The molecule has 2 aromatic carbocycles. The van der Waals surface area contributed by atoms with Gasteiger partial charge < -0.3 is 9.80 Å². The van der Waals surface area contributed by atoms with Gasteiger partial charge >= 0.3 is 0 Å². The van der Waals surface area contributed by atoms with Gasteiger partial charge in [-0.25, -0.2) is 0 Å². The lowest BCUT2D eigenvalue weighted by Crippen LogP contribution is -2.55. The summed E-state index contributed by atoms with van der Waals surface area (Å²) in [5.41, 5.74) is 6.54. The number of hydrogen-bond acceptors (Lipinski definition) is 2. The molecule has 2 aliphatic carbocycles. The molecule has 2 aliphatic heterocycles. The maximum atomic E-state index is 2.95. The van der Waals surface area contributed by atoms with Gasteiger partial charge in [-0.3, -0.25) is 0 Å². The Morgan fingerprint density at radius 3 is 1.82 bits per heavy atom. The first-order valence-electron chi connectivity index (χ1n) is 14.1. The molecule has 6 rings (SSSR count). The minimum atomic E-state index is 0.139. The molecule has 0 amide bonds. The molecule has 0 radical (unpaired) electrons. The van der Waals surface area contributed by atoms with Crippen LogP contribution in [0.25, 0.3) is 0 Å². The van der Waals surface area contributed by atoms with Crippen LogP contribution in [-0.4, -0.2) is 18.2 Å². The molecule has 34 heavy (non-hydrogen) atoms. The fraction of sp³-hybridized carbons (Fsp3) is 0.625. The Hall–Kier alpha value is -1.96. The molecule has 3 fully saturated rings. The van der Waals surface area contributed by atoms with Crippen molar-refractivity contribution >= 4 is 11.4 Å². The highest BCUT2D eigenvalue weighted by molar-refractivity contribution is 5.72. The molecular weight excluding hydrogens is 412 g/mol. The van der Waals surface area contributed by atoms with E-state index in [1.54, 1.807) is 11.3 Å². The molecule has 4 aliphatic rings. The van der Waals surface area contributed by atoms with Crippen molar-refractivity contribution in [3.05, 3.63) is 59.7 Å². The van der Waals surface area contributed by atoms with E-state index in [9.17, 15) is 0 Å². The largest absolute Gasteiger partial charge is 0.346 e. The fourth-order valence-electron chi connectivity index (χ4n) is 9.13. The smallest absolute Gasteiger partial charge is 0.107 e. The fourth-order valence-corrected chi connectivity index (χ4v) is 9.13. The van der Waals surface area contributed by atoms with E-state index in [4.69, 9.17) is 0 Å². The number of nitrogens with zero attached hydrogens (tertiary/aromatic N) is 2. The van der Waals surface area contributed by atoms with Gasteiger partial charge in [-0.1, -0.05) is 82.9 Å². The predicted molar refractivity (Wildman–Crippen MR) is 145 cm³/mol. The number of benzene rings is 2. The van der Waals surface area contributed by atoms with Gasteiger partial charge in [0.15, 0.2) is 0 Å². The van der Waals surface area contributed by atoms with Crippen molar-refractivity contribution < 1.29 is 0 Å². The van der Waals surface area contributed by atoms with Crippen LogP contribution >= 0.6 is 0 Å². The molecular formula is C32H44N2. The Balaban J connectivity index is 1.61. The second-order valence-corrected chi connectivity index (χ2v) is 12.9. The average Bonchev–Trinajstić information content (AvgIpc) is 3.59. The van der Waals surface area contributed by atoms with Crippen LogP contribution < -0.4 is 9.80 Å². The van der Waals surface area contributed by atoms with Gasteiger partial charge in [0, 0.05) is 28.2 Å². The van der Waals surface area contributed by atoms with Crippen LogP contribution in [0.2, 0.25) is 0 Å². The van der Waals surface area contributed by atoms with E-state index >= 15 is 0 Å². The van der Waals surface area contributed by atoms with Crippen molar-refractivity contribution in [3.8, 4) is 0 Å². The van der Waals surface area contributed by atoms with Gasteiger partial charge in [0.25, 0.3) is 0 Å². The van der Waals surface area contributed by atoms with Crippen molar-refractivity contribution in [2.45, 2.75) is 110 Å². The molecule has 1 saturated heterocycles. The van der Waals surface area contributed by atoms with Gasteiger partial charge in [-0.15, -0.1) is 0 Å². The van der Waals surface area contributed by atoms with Crippen LogP contribution in [0.5, 0.6) is 0 Å². The van der Waals surface area contributed by atoms with E-state index in [1.165, 1.54) is 62.6 Å². The Kier molecular flexibility index (Phi) is 5.32. The Morgan fingerprint density at radius 1 is 0.735 bits per heavy atom. The summed E-state index contributed by atoms with van der Waals surface area (Å²) in [6.45, 7) is 12.3. The molecule has 0 spiro atoms. The summed E-state index contributed by atoms with van der Waals surface area (Å²) in [6.07, 6.45) is 11.7. The van der Waals surface area contributed by atoms with Gasteiger partial charge in [-0.05, 0) is 74.6 Å². The van der Waals surface area contributed by atoms with Gasteiger partial charge in [0.05, 0.1) is 6.04 Å². The zero-order valence-electron chi connectivity index (χ0n) is 22.1. The van der Waals surface area contributed by atoms with Crippen LogP contribution in [0.4, 0.5) is 11.4 Å². The van der Waals surface area contributed by atoms with Crippen molar-refractivity contribution in [3.63, 3.8) is 0 Å². The third-order valence-corrected chi connectivity index (χ3v) is 10.1. The quantitative estimate of drug-likeness (QED) is 0.460. The predicted octanol–water partition coefficient (Wildman–Crippen LogP) is 8.08. The molecule has 0 aromatic heterocycles. The first kappa shape index (κ1) is 22.5. The van der Waals surface area contributed by atoms with E-state index < -0.39 is 0 Å². The summed E-state index contributed by atoms with van der Waals surface area (Å²) >= 11 is 0. The third kappa shape index (κ3) is 2.99. The summed E-state index contributed by atoms with van der Waals surface area (Å²) in [4.78, 5) is 5.79. The molecule has 2 unspecified atom stereocenters. The highest BCUT2D eigenvalue weighted by Crippen LogP contribution is 2.65. The van der Waals surface area contributed by atoms with Gasteiger partial charge in [-0.2, -0.15) is 0 Å². The van der Waals surface area contributed by atoms with E-state index in [2.05, 4.69) is 92.9 Å². The number of hydrogen-bond donors (Lipinski definition) is 0. The highest BCUT2D eigenvalue weighted by atomic mass is 15.5. The van der Waals surface area contributed by atoms with E-state index in [0.717, 1.165) is 11.8 Å². The maximum Gasteiger partial charge on any atom is 0.107 e. The number of rotatable bonds is 3. The molecule has 3 atom stereocenters. The first-order valence-corrected chi connectivity index (χ1v) is 14.1. The summed E-state index contributed by atoms with van der Waals surface area (Å²) in [6, 6.07) is 19.8. The number of anilines is 2. The second-order valence-electron chi connectivity index (χ2n) is 12.9. The minimum absolute atomic E-state index is 0.139. The number of fused-ring (bicyclic) bond motifs is 3. The lowest BCUT2D eigenvalue weighted by molar-refractivity contribution is 0.139. The summed E-state index contributed by atoms with van der Waals surface area (Å²) < 4.78 is 0. The summed E-state index contributed by atoms with van der Waals surface area (Å²) in [7, 11) is 0. The molecule has 2 saturated carbocycles. The summed E-state index contributed by atoms with van der Waals surface area (Å²) in [5, 5.41) is 0. The molecule has 2 heterocycles. The van der Waals surface area contributed by atoms with E-state index in [1.807, 2.05) is 0 Å². The Bertz CT molecular complexity index is 1020. The minimum Gasteiger partial charge on any atom is -0.346 e. The van der Waals surface area contributed by atoms with Crippen LogP contribution in [0.15, 0.2) is 48.5 Å². The maximum absolute atomic E-state index is 2.95. The SMILES string of the molecule is Cc1ccccc1N1C(C(C)(C)C)N2c3ccccc3C(C3CCCC3)(C3CCCC3)C2[C@@H]1C. The lowest BCUT2D eigenvalue weighted by atomic mass is 9.57. The van der Waals surface area contributed by atoms with Crippen LogP contribution in [0.1, 0.15) is 90.2 Å². The third-order valence-electron chi connectivity index (χ3n) is 10.1. The Labute approximate surface area is 207 Å². The molecule has 0 bridgehead atoms. The lowest BCUT2D eigenvalue weighted by Gasteiger charge is -2.48. The average molecular weight is 457 g/mol. The zero-order chi connectivity index (χ0) is 23.7. The van der Waals surface area contributed by atoms with Crippen molar-refractivity contribution in [1.82, 2.24) is 0 Å². The summed E-state index contributed by atoms with van der Waals surface area (Å²) in [5.74, 6) is 1.65. The molecule has 2 heteroatoms. The topological polar surface area (TPSA) is 6.48 Å². The van der Waals surface area contributed by atoms with Crippen molar-refractivity contribution in [2.75, 3.05) is 9.80 Å². The highest BCUT2D eigenvalue weighted by Gasteiger charge is 2.67. The molecule has 2 aromatic rings. The molecule has 182 valence electrons. The first-order chi connectivity index (χ1) is 16.4. The van der Waals surface area contributed by atoms with Crippen LogP contribution in [0, 0.1) is 24.2 Å². The van der Waals surface area contributed by atoms with Gasteiger partial charge in [0.1, 0.15) is 6.17 Å². The van der Waals surface area contributed by atoms with Crippen LogP contribution in [-0.2, 0) is 5.41 Å². The standard InChI is InChI=1S/C32H44N2/c1-22-14-6-12-20-27(22)33-23(2)29-32(24-15-7-8-16-24,25-17-9-10-18-25)26-19-11-13-21-28(26)34(29)30(33)31(3,4)5/h6,11-14,19-21,23-25,29-30H,7-10,15-18H2,1-5H3/t23-,29?,30?/m0/s1. The zero-order valence-corrected chi connectivity index (χ0v) is 22.1. The monoisotopic (exact) mass is 456 g/mol. The van der Waals surface area contributed by atoms with Gasteiger partial charge in [0.2, 0.25) is 0 Å². The van der Waals surface area contributed by atoms with Crippen LogP contribution in [0.3, 0.4) is 0 Å². The molecule has 2 nitrogen and oxygen atoms in total.